The predicted molar refractivity (Wildman–Crippen MR) is 142 cm³/mol. The van der Waals surface area contributed by atoms with Gasteiger partial charge in [-0.2, -0.15) is 5.10 Å². The smallest absolute Gasteiger partial charge is 0.0666 e. The van der Waals surface area contributed by atoms with Crippen LogP contribution in [-0.2, 0) is 6.54 Å². The van der Waals surface area contributed by atoms with E-state index in [0.29, 0.717) is 0 Å². The number of nitrogens with one attached hydrogen (secondary N) is 1. The third-order valence-electron chi connectivity index (χ3n) is 6.66. The molecule has 1 fully saturated rings. The number of anilines is 1. The average Bonchev–Trinajstić information content (AvgIpc) is 2.91. The second-order valence-electron chi connectivity index (χ2n) is 8.98. The molecule has 3 nitrogen and oxygen atoms in total. The highest BCUT2D eigenvalue weighted by atomic mass is 15.5. The highest BCUT2D eigenvalue weighted by Gasteiger charge is 2.34. The van der Waals surface area contributed by atoms with Crippen LogP contribution < -0.4 is 10.3 Å². The molecule has 4 aromatic carbocycles. The third kappa shape index (κ3) is 5.11. The van der Waals surface area contributed by atoms with E-state index in [0.717, 1.165) is 18.7 Å². The molecule has 0 radical (unpaired) electrons. The van der Waals surface area contributed by atoms with Gasteiger partial charge in [-0.05, 0) is 28.8 Å². The van der Waals surface area contributed by atoms with Crippen LogP contribution in [0.25, 0.3) is 0 Å². The Labute approximate surface area is 202 Å². The Kier molecular flexibility index (Phi) is 6.83. The summed E-state index contributed by atoms with van der Waals surface area (Å²) < 4.78 is 0. The van der Waals surface area contributed by atoms with Crippen molar-refractivity contribution in [3.8, 4) is 0 Å². The summed E-state index contributed by atoms with van der Waals surface area (Å²) in [4.78, 5) is 0. The molecule has 4 aromatic rings. The van der Waals surface area contributed by atoms with Gasteiger partial charge in [-0.25, -0.2) is 0 Å². The van der Waals surface area contributed by atoms with Gasteiger partial charge in [-0.3, -0.25) is 5.01 Å². The number of para-hydroxylation sites is 1. The van der Waals surface area contributed by atoms with Gasteiger partial charge >= 0.3 is 0 Å². The van der Waals surface area contributed by atoms with Crippen LogP contribution in [0.2, 0.25) is 0 Å². The number of rotatable bonds is 6. The molecule has 0 aliphatic carbocycles. The van der Waals surface area contributed by atoms with Gasteiger partial charge < -0.3 is 5.32 Å². The van der Waals surface area contributed by atoms with Gasteiger partial charge in [0.15, 0.2) is 0 Å². The zero-order chi connectivity index (χ0) is 23.2. The summed E-state index contributed by atoms with van der Waals surface area (Å²) in [7, 11) is 0. The molecule has 0 aromatic heterocycles. The van der Waals surface area contributed by atoms with Gasteiger partial charge in [-0.15, -0.1) is 0 Å². The third-order valence-corrected chi connectivity index (χ3v) is 6.66. The van der Waals surface area contributed by atoms with Crippen molar-refractivity contribution in [3.63, 3.8) is 0 Å². The van der Waals surface area contributed by atoms with E-state index in [1.165, 1.54) is 22.4 Å². The Hall–Kier alpha value is -3.69. The van der Waals surface area contributed by atoms with E-state index in [-0.39, 0.29) is 18.0 Å². The van der Waals surface area contributed by atoms with Crippen molar-refractivity contribution in [1.29, 1.82) is 0 Å². The lowest BCUT2D eigenvalue weighted by Crippen LogP contribution is -2.42. The van der Waals surface area contributed by atoms with Crippen LogP contribution in [0, 0.1) is 5.92 Å². The summed E-state index contributed by atoms with van der Waals surface area (Å²) in [5.41, 5.74) is 6.19. The van der Waals surface area contributed by atoms with Gasteiger partial charge in [0.25, 0.3) is 0 Å². The molecule has 0 bridgehead atoms. The molecule has 1 aliphatic rings. The van der Waals surface area contributed by atoms with Gasteiger partial charge in [0.05, 0.1) is 12.2 Å². The molecule has 1 heterocycles. The lowest BCUT2D eigenvalue weighted by atomic mass is 9.81. The van der Waals surface area contributed by atoms with E-state index in [4.69, 9.17) is 5.10 Å². The summed E-state index contributed by atoms with van der Waals surface area (Å²) in [6, 6.07) is 43.0. The summed E-state index contributed by atoms with van der Waals surface area (Å²) in [5.74, 6) is 0.268. The fraction of sp³-hybridized carbons (Fsp3) is 0.194. The van der Waals surface area contributed by atoms with E-state index in [9.17, 15) is 0 Å². The Balaban J connectivity index is 1.54. The SMILES string of the molecule is C[C@H]1/C(=N/N(Cc2ccccc2)c2ccccc2)C[C@H](c2ccccc2)N[C@@H]1c1ccccc1. The van der Waals surface area contributed by atoms with Crippen LogP contribution in [0.1, 0.15) is 42.1 Å². The molecule has 1 saturated heterocycles. The minimum Gasteiger partial charge on any atom is -0.302 e. The van der Waals surface area contributed by atoms with E-state index < -0.39 is 0 Å². The molecule has 170 valence electrons. The number of hydrazone groups is 1. The van der Waals surface area contributed by atoms with Crippen LogP contribution in [-0.4, -0.2) is 5.71 Å². The second-order valence-corrected chi connectivity index (χ2v) is 8.98. The highest BCUT2D eigenvalue weighted by Crippen LogP contribution is 2.36. The van der Waals surface area contributed by atoms with Crippen molar-refractivity contribution in [2.75, 3.05) is 5.01 Å². The van der Waals surface area contributed by atoms with E-state index >= 15 is 0 Å². The standard InChI is InChI=1S/C31H31N3/c1-24-29(33-34(28-20-12-5-13-21-28)23-25-14-6-2-7-15-25)22-30(26-16-8-3-9-17-26)32-31(24)27-18-10-4-11-19-27/h2-21,24,30-32H,22-23H2,1H3/b33-29+/t24-,30+,31-/m0/s1. The molecule has 0 unspecified atom stereocenters. The number of hydrogen-bond donors (Lipinski definition) is 1. The minimum atomic E-state index is 0.202. The van der Waals surface area contributed by atoms with Crippen LogP contribution in [0.4, 0.5) is 5.69 Å². The average molecular weight is 446 g/mol. The fourth-order valence-electron chi connectivity index (χ4n) is 4.78. The molecule has 5 rings (SSSR count). The Morgan fingerprint density at radius 1 is 0.706 bits per heavy atom. The normalized spacial score (nSPS) is 21.3. The Morgan fingerprint density at radius 3 is 1.85 bits per heavy atom. The number of hydrogen-bond acceptors (Lipinski definition) is 3. The maximum absolute atomic E-state index is 5.34. The zero-order valence-corrected chi connectivity index (χ0v) is 19.6. The molecule has 0 amide bonds. The van der Waals surface area contributed by atoms with E-state index in [1.807, 2.05) is 0 Å². The van der Waals surface area contributed by atoms with Crippen LogP contribution in [0.3, 0.4) is 0 Å². The first kappa shape index (κ1) is 22.1. The highest BCUT2D eigenvalue weighted by molar-refractivity contribution is 5.89. The largest absolute Gasteiger partial charge is 0.302 e. The molecular weight excluding hydrogens is 414 g/mol. The van der Waals surface area contributed by atoms with Crippen LogP contribution >= 0.6 is 0 Å². The van der Waals surface area contributed by atoms with Crippen molar-refractivity contribution in [3.05, 3.63) is 138 Å². The second kappa shape index (κ2) is 10.5. The summed E-state index contributed by atoms with van der Waals surface area (Å²) >= 11 is 0. The van der Waals surface area contributed by atoms with Crippen molar-refractivity contribution < 1.29 is 0 Å². The van der Waals surface area contributed by atoms with Gasteiger partial charge in [0.1, 0.15) is 0 Å². The van der Waals surface area contributed by atoms with Gasteiger partial charge in [0.2, 0.25) is 0 Å². The lowest BCUT2D eigenvalue weighted by molar-refractivity contribution is 0.363. The number of nitrogens with zero attached hydrogens (tertiary/aromatic N) is 2. The number of benzene rings is 4. The molecule has 3 atom stereocenters. The lowest BCUT2D eigenvalue weighted by Gasteiger charge is -2.38. The molecule has 1 aliphatic heterocycles. The maximum atomic E-state index is 5.34. The van der Waals surface area contributed by atoms with Crippen LogP contribution in [0.5, 0.6) is 0 Å². The molecule has 3 heteroatoms. The first-order valence-electron chi connectivity index (χ1n) is 12.1. The topological polar surface area (TPSA) is 27.6 Å². The summed E-state index contributed by atoms with van der Waals surface area (Å²) in [5, 5.41) is 11.4. The van der Waals surface area contributed by atoms with Crippen molar-refractivity contribution >= 4 is 11.4 Å². The molecule has 1 N–H and O–H groups in total. The minimum absolute atomic E-state index is 0.202. The maximum Gasteiger partial charge on any atom is 0.0666 e. The predicted octanol–water partition coefficient (Wildman–Crippen LogP) is 7.16. The fourth-order valence-corrected chi connectivity index (χ4v) is 4.78. The molecular formula is C31H31N3. The Bertz CT molecular complexity index is 1190. The Morgan fingerprint density at radius 2 is 1.24 bits per heavy atom. The zero-order valence-electron chi connectivity index (χ0n) is 19.6. The number of piperidine rings is 1. The molecule has 0 saturated carbocycles. The first-order chi connectivity index (χ1) is 16.8. The van der Waals surface area contributed by atoms with E-state index in [1.54, 1.807) is 0 Å². The van der Waals surface area contributed by atoms with Crippen molar-refractivity contribution in [2.24, 2.45) is 11.0 Å². The van der Waals surface area contributed by atoms with Gasteiger partial charge in [-0.1, -0.05) is 116 Å². The van der Waals surface area contributed by atoms with Crippen molar-refractivity contribution in [1.82, 2.24) is 5.32 Å². The van der Waals surface area contributed by atoms with Crippen LogP contribution in [0.15, 0.2) is 126 Å². The summed E-state index contributed by atoms with van der Waals surface area (Å²) in [6.45, 7) is 3.04. The van der Waals surface area contributed by atoms with Crippen molar-refractivity contribution in [2.45, 2.75) is 32.0 Å². The molecule has 34 heavy (non-hydrogen) atoms. The quantitative estimate of drug-likeness (QED) is 0.319. The molecule has 0 spiro atoms. The summed E-state index contributed by atoms with van der Waals surface area (Å²) in [6.07, 6.45) is 0.882. The first-order valence-corrected chi connectivity index (χ1v) is 12.1. The van der Waals surface area contributed by atoms with E-state index in [2.05, 4.69) is 139 Å². The van der Waals surface area contributed by atoms with Gasteiger partial charge in [0, 0.05) is 30.1 Å². The monoisotopic (exact) mass is 445 g/mol.